The smallest absolute Gasteiger partial charge is 0.0843 e. The molecule has 0 amide bonds. The summed E-state index contributed by atoms with van der Waals surface area (Å²) in [7, 11) is 0. The van der Waals surface area contributed by atoms with Crippen LogP contribution in [0.25, 0.3) is 11.3 Å². The fourth-order valence-corrected chi connectivity index (χ4v) is 1.56. The number of hydrogen-bond acceptors (Lipinski definition) is 1. The predicted octanol–water partition coefficient (Wildman–Crippen LogP) is 4.35. The van der Waals surface area contributed by atoms with Gasteiger partial charge in [-0.25, -0.2) is 0 Å². The van der Waals surface area contributed by atoms with E-state index in [1.54, 1.807) is 6.07 Å². The Morgan fingerprint density at radius 1 is 1.24 bits per heavy atom. The molecule has 1 heterocycles. The summed E-state index contributed by atoms with van der Waals surface area (Å²) in [5.74, 6) is 0. The Morgan fingerprint density at radius 2 is 2.06 bits per heavy atom. The van der Waals surface area contributed by atoms with Crippen LogP contribution in [0.2, 0.25) is 0 Å². The predicted molar refractivity (Wildman–Crippen MR) is 73.1 cm³/mol. The highest BCUT2D eigenvalue weighted by molar-refractivity contribution is 5.60. The van der Waals surface area contributed by atoms with Crippen LogP contribution in [-0.2, 0) is 5.41 Å². The van der Waals surface area contributed by atoms with E-state index in [-0.39, 0.29) is 17.2 Å². The van der Waals surface area contributed by atoms with Crippen LogP contribution in [0.4, 0.5) is 0 Å². The van der Waals surface area contributed by atoms with E-state index in [1.807, 2.05) is 18.2 Å². The molecule has 0 atom stereocenters. The van der Waals surface area contributed by atoms with Gasteiger partial charge in [-0.3, -0.25) is 4.98 Å². The normalized spacial score (nSPS) is 17.4. The van der Waals surface area contributed by atoms with Gasteiger partial charge in [-0.05, 0) is 35.5 Å². The van der Waals surface area contributed by atoms with Crippen molar-refractivity contribution in [2.45, 2.75) is 33.0 Å². The van der Waals surface area contributed by atoms with Crippen molar-refractivity contribution in [2.24, 2.45) is 0 Å². The van der Waals surface area contributed by atoms with Crippen LogP contribution in [0.5, 0.6) is 0 Å². The fraction of sp³-hybridized carbons (Fsp3) is 0.312. The molecule has 0 aliphatic heterocycles. The molecule has 0 fully saturated rings. The molecule has 0 N–H and O–H groups in total. The first-order valence-electron chi connectivity index (χ1n) is 8.52. The standard InChI is InChI=1S/C16H19N/c1-12-8-9-15(17-11-12)13-6-5-7-14(10-13)16(2,3)4/h5-11H,1-4H3/i1D3,8D,9D,11D. The molecule has 2 rings (SSSR count). The Labute approximate surface area is 112 Å². The van der Waals surface area contributed by atoms with Crippen molar-refractivity contribution >= 4 is 0 Å². The SMILES string of the molecule is [2H]c1nc(-c2cccc(C(C)(C)C)c2)c([2H])c([2H])c1C([2H])([2H])[2H]. The van der Waals surface area contributed by atoms with Crippen molar-refractivity contribution in [2.75, 3.05) is 0 Å². The minimum Gasteiger partial charge on any atom is -0.256 e. The summed E-state index contributed by atoms with van der Waals surface area (Å²) in [6.45, 7) is 3.56. The zero-order valence-electron chi connectivity index (χ0n) is 16.3. The van der Waals surface area contributed by atoms with E-state index in [9.17, 15) is 0 Å². The average molecular weight is 231 g/mol. The molecular weight excluding hydrogens is 206 g/mol. The quantitative estimate of drug-likeness (QED) is 0.711. The molecule has 2 aromatic rings. The first-order chi connectivity index (χ1) is 10.4. The van der Waals surface area contributed by atoms with Crippen molar-refractivity contribution in [1.82, 2.24) is 4.98 Å². The number of aromatic nitrogens is 1. The second-order valence-corrected chi connectivity index (χ2v) is 5.03. The Bertz CT molecular complexity index is 743. The van der Waals surface area contributed by atoms with Crippen molar-refractivity contribution in [3.8, 4) is 11.3 Å². The van der Waals surface area contributed by atoms with Gasteiger partial charge in [0, 0.05) is 15.8 Å². The number of benzene rings is 1. The molecule has 0 aliphatic carbocycles. The van der Waals surface area contributed by atoms with Crippen LogP contribution < -0.4 is 0 Å². The lowest BCUT2D eigenvalue weighted by molar-refractivity contribution is 0.590. The number of hydrogen-bond donors (Lipinski definition) is 0. The van der Waals surface area contributed by atoms with Gasteiger partial charge in [0.25, 0.3) is 0 Å². The molecule has 0 saturated carbocycles. The Morgan fingerprint density at radius 3 is 2.76 bits per heavy atom. The van der Waals surface area contributed by atoms with E-state index in [0.29, 0.717) is 5.56 Å². The minimum atomic E-state index is -2.62. The van der Waals surface area contributed by atoms with Crippen molar-refractivity contribution in [3.05, 3.63) is 53.7 Å². The summed E-state index contributed by atoms with van der Waals surface area (Å²) in [6, 6.07) is 6.70. The number of pyridine rings is 1. The van der Waals surface area contributed by atoms with Crippen LogP contribution in [0.15, 0.2) is 42.5 Å². The minimum absolute atomic E-state index is 0.0928. The Kier molecular flexibility index (Phi) is 1.61. The summed E-state index contributed by atoms with van der Waals surface area (Å²) < 4.78 is 46.1. The van der Waals surface area contributed by atoms with Crippen molar-refractivity contribution < 1.29 is 8.22 Å². The van der Waals surface area contributed by atoms with Crippen LogP contribution in [0.3, 0.4) is 0 Å². The summed E-state index contributed by atoms with van der Waals surface area (Å²) in [5.41, 5.74) is 1.25. The molecule has 1 aromatic heterocycles. The molecular formula is C16H19N. The molecule has 0 radical (unpaired) electrons. The fourth-order valence-electron chi connectivity index (χ4n) is 1.56. The largest absolute Gasteiger partial charge is 0.256 e. The molecule has 1 nitrogen and oxygen atoms in total. The van der Waals surface area contributed by atoms with Gasteiger partial charge in [-0.2, -0.15) is 0 Å². The molecule has 0 saturated heterocycles. The first kappa shape index (κ1) is 6.34. The molecule has 1 heteroatoms. The number of rotatable bonds is 1. The third kappa shape index (κ3) is 2.73. The van der Waals surface area contributed by atoms with Crippen molar-refractivity contribution in [3.63, 3.8) is 0 Å². The van der Waals surface area contributed by atoms with E-state index in [1.165, 1.54) is 0 Å². The first-order valence-corrected chi connectivity index (χ1v) is 5.52. The lowest BCUT2D eigenvalue weighted by Crippen LogP contribution is -2.10. The molecule has 88 valence electrons. The van der Waals surface area contributed by atoms with Gasteiger partial charge in [0.15, 0.2) is 0 Å². The Balaban J connectivity index is 2.67. The molecule has 0 spiro atoms. The maximum Gasteiger partial charge on any atom is 0.0843 e. The highest BCUT2D eigenvalue weighted by Crippen LogP contribution is 2.26. The number of nitrogens with zero attached hydrogens (tertiary/aromatic N) is 1. The molecule has 17 heavy (non-hydrogen) atoms. The lowest BCUT2D eigenvalue weighted by Gasteiger charge is -2.19. The van der Waals surface area contributed by atoms with Crippen LogP contribution in [-0.4, -0.2) is 4.98 Å². The summed E-state index contributed by atoms with van der Waals surface area (Å²) in [5, 5.41) is 0. The van der Waals surface area contributed by atoms with E-state index in [4.69, 9.17) is 8.22 Å². The zero-order valence-corrected chi connectivity index (χ0v) is 10.3. The van der Waals surface area contributed by atoms with Crippen LogP contribution in [0.1, 0.15) is 40.1 Å². The summed E-state index contributed by atoms with van der Waals surface area (Å²) in [4.78, 5) is 3.99. The molecule has 0 aliphatic rings. The topological polar surface area (TPSA) is 12.9 Å². The molecule has 1 aromatic carbocycles. The Hall–Kier alpha value is -1.63. The van der Waals surface area contributed by atoms with Gasteiger partial charge < -0.3 is 0 Å². The highest BCUT2D eigenvalue weighted by atomic mass is 14.7. The zero-order chi connectivity index (χ0) is 17.6. The molecule has 0 unspecified atom stereocenters. The molecule has 0 bridgehead atoms. The van der Waals surface area contributed by atoms with Gasteiger partial charge in [-0.15, -0.1) is 0 Å². The average Bonchev–Trinajstić information content (AvgIpc) is 2.40. The summed E-state index contributed by atoms with van der Waals surface area (Å²) >= 11 is 0. The highest BCUT2D eigenvalue weighted by Gasteiger charge is 2.13. The maximum absolute atomic E-state index is 8.09. The monoisotopic (exact) mass is 231 g/mol. The van der Waals surface area contributed by atoms with Gasteiger partial charge in [-0.1, -0.05) is 45.0 Å². The lowest BCUT2D eigenvalue weighted by atomic mass is 9.86. The van der Waals surface area contributed by atoms with E-state index in [0.717, 1.165) is 5.56 Å². The van der Waals surface area contributed by atoms with Gasteiger partial charge in [0.05, 0.1) is 9.81 Å². The van der Waals surface area contributed by atoms with Crippen molar-refractivity contribution in [1.29, 1.82) is 0 Å². The van der Waals surface area contributed by atoms with Crippen LogP contribution >= 0.6 is 0 Å². The van der Waals surface area contributed by atoms with Gasteiger partial charge in [0.2, 0.25) is 0 Å². The second kappa shape index (κ2) is 4.33. The van der Waals surface area contributed by atoms with E-state index >= 15 is 0 Å². The van der Waals surface area contributed by atoms with E-state index < -0.39 is 24.6 Å². The van der Waals surface area contributed by atoms with Crippen LogP contribution in [0, 0.1) is 6.85 Å². The van der Waals surface area contributed by atoms with E-state index in [2.05, 4.69) is 25.8 Å². The maximum atomic E-state index is 8.09. The summed E-state index contributed by atoms with van der Waals surface area (Å²) in [6.07, 6.45) is -0.470. The third-order valence-corrected chi connectivity index (χ3v) is 2.59. The van der Waals surface area contributed by atoms with Gasteiger partial charge in [0.1, 0.15) is 0 Å². The second-order valence-electron chi connectivity index (χ2n) is 5.03. The van der Waals surface area contributed by atoms with Gasteiger partial charge >= 0.3 is 0 Å². The third-order valence-electron chi connectivity index (χ3n) is 2.59.